The van der Waals surface area contributed by atoms with E-state index in [1.807, 2.05) is 0 Å². The highest BCUT2D eigenvalue weighted by Gasteiger charge is 2.21. The largest absolute Gasteiger partial charge is 0.491 e. The molecule has 0 aromatic heterocycles. The normalized spacial score (nSPS) is 21.0. The summed E-state index contributed by atoms with van der Waals surface area (Å²) in [5, 5.41) is 20.7. The van der Waals surface area contributed by atoms with Crippen LogP contribution in [0.1, 0.15) is 26.2 Å². The van der Waals surface area contributed by atoms with Crippen LogP contribution in [0.15, 0.2) is 24.3 Å². The summed E-state index contributed by atoms with van der Waals surface area (Å²) >= 11 is 0. The first-order chi connectivity index (χ1) is 10.1. The van der Waals surface area contributed by atoms with Crippen LogP contribution < -0.4 is 4.74 Å². The molecule has 0 bridgehead atoms. The number of nitrogens with zero attached hydrogens (tertiary/aromatic N) is 2. The van der Waals surface area contributed by atoms with E-state index >= 15 is 0 Å². The first-order valence-electron chi connectivity index (χ1n) is 7.35. The highest BCUT2D eigenvalue weighted by molar-refractivity contribution is 5.37. The van der Waals surface area contributed by atoms with E-state index < -0.39 is 11.0 Å². The Bertz CT molecular complexity index is 480. The summed E-state index contributed by atoms with van der Waals surface area (Å²) in [5.41, 5.74) is -0.00774. The fourth-order valence-electron chi connectivity index (χ4n) is 2.63. The Kier molecular flexibility index (Phi) is 5.52. The molecule has 116 valence electrons. The molecule has 1 aliphatic rings. The molecule has 6 heteroatoms. The van der Waals surface area contributed by atoms with Crippen molar-refractivity contribution in [1.82, 2.24) is 4.90 Å². The number of hydrogen-bond acceptors (Lipinski definition) is 5. The second-order valence-electron chi connectivity index (χ2n) is 5.56. The molecule has 1 heterocycles. The zero-order valence-electron chi connectivity index (χ0n) is 12.3. The van der Waals surface area contributed by atoms with Crippen molar-refractivity contribution in [1.29, 1.82) is 0 Å². The van der Waals surface area contributed by atoms with E-state index in [1.165, 1.54) is 31.4 Å². The van der Waals surface area contributed by atoms with E-state index in [1.54, 1.807) is 12.1 Å². The van der Waals surface area contributed by atoms with Crippen LogP contribution >= 0.6 is 0 Å². The van der Waals surface area contributed by atoms with Crippen molar-refractivity contribution in [3.05, 3.63) is 34.4 Å². The molecule has 0 aliphatic carbocycles. The molecule has 2 unspecified atom stereocenters. The number of hydrogen-bond donors (Lipinski definition) is 1. The molecular weight excluding hydrogens is 272 g/mol. The van der Waals surface area contributed by atoms with Crippen LogP contribution in [-0.2, 0) is 0 Å². The van der Waals surface area contributed by atoms with Crippen molar-refractivity contribution in [3.8, 4) is 5.75 Å². The van der Waals surface area contributed by atoms with Crippen molar-refractivity contribution < 1.29 is 14.8 Å². The number of aliphatic hydroxyl groups excluding tert-OH is 1. The Morgan fingerprint density at radius 3 is 3.05 bits per heavy atom. The number of piperidine rings is 1. The Morgan fingerprint density at radius 2 is 2.33 bits per heavy atom. The van der Waals surface area contributed by atoms with Crippen LogP contribution in [0.2, 0.25) is 0 Å². The van der Waals surface area contributed by atoms with Gasteiger partial charge in [0.25, 0.3) is 5.69 Å². The van der Waals surface area contributed by atoms with Gasteiger partial charge in [0.1, 0.15) is 18.5 Å². The molecule has 6 nitrogen and oxygen atoms in total. The van der Waals surface area contributed by atoms with E-state index in [-0.39, 0.29) is 12.3 Å². The maximum absolute atomic E-state index is 10.7. The number of nitro groups is 1. The summed E-state index contributed by atoms with van der Waals surface area (Å²) in [6.07, 6.45) is 2.99. The number of non-ortho nitro benzene ring substituents is 1. The number of β-amino-alcohol motifs (C(OH)–C–C–N with tert-alkyl or cyclic N) is 1. The molecule has 0 amide bonds. The molecule has 0 saturated carbocycles. The predicted octanol–water partition coefficient (Wildman–Crippen LogP) is 2.21. The lowest BCUT2D eigenvalue weighted by atomic mass is 10.0. The first-order valence-corrected chi connectivity index (χ1v) is 7.35. The van der Waals surface area contributed by atoms with E-state index in [2.05, 4.69) is 11.8 Å². The highest BCUT2D eigenvalue weighted by Crippen LogP contribution is 2.20. The van der Waals surface area contributed by atoms with Crippen molar-refractivity contribution in [3.63, 3.8) is 0 Å². The number of likely N-dealkylation sites (tertiary alicyclic amines) is 1. The van der Waals surface area contributed by atoms with Gasteiger partial charge in [-0.25, -0.2) is 0 Å². The average Bonchev–Trinajstić information content (AvgIpc) is 2.48. The number of ether oxygens (including phenoxy) is 1. The summed E-state index contributed by atoms with van der Waals surface area (Å²) in [6.45, 7) is 3.91. The third-order valence-electron chi connectivity index (χ3n) is 3.86. The minimum Gasteiger partial charge on any atom is -0.491 e. The zero-order valence-corrected chi connectivity index (χ0v) is 12.3. The van der Waals surface area contributed by atoms with E-state index in [4.69, 9.17) is 4.74 Å². The second-order valence-corrected chi connectivity index (χ2v) is 5.56. The smallest absolute Gasteiger partial charge is 0.273 e. The molecule has 21 heavy (non-hydrogen) atoms. The lowest BCUT2D eigenvalue weighted by molar-refractivity contribution is -0.384. The number of rotatable bonds is 6. The van der Waals surface area contributed by atoms with Gasteiger partial charge in [0.15, 0.2) is 0 Å². The summed E-state index contributed by atoms with van der Waals surface area (Å²) in [7, 11) is 0. The minimum atomic E-state index is -0.593. The van der Waals surface area contributed by atoms with Crippen molar-refractivity contribution in [2.45, 2.75) is 38.3 Å². The van der Waals surface area contributed by atoms with Gasteiger partial charge in [-0.2, -0.15) is 0 Å². The SMILES string of the molecule is CC1CCCCN1CC(O)COc1cccc([N+](=O)[O-])c1. The molecular formula is C15H22N2O4. The van der Waals surface area contributed by atoms with E-state index in [0.717, 1.165) is 6.54 Å². The summed E-state index contributed by atoms with van der Waals surface area (Å²) in [5.74, 6) is 0.412. The number of aliphatic hydroxyl groups is 1. The molecule has 0 radical (unpaired) electrons. The van der Waals surface area contributed by atoms with Gasteiger partial charge in [-0.15, -0.1) is 0 Å². The second kappa shape index (κ2) is 7.38. The Hall–Kier alpha value is -1.66. The van der Waals surface area contributed by atoms with Gasteiger partial charge in [0.2, 0.25) is 0 Å². The molecule has 1 aromatic rings. The van der Waals surface area contributed by atoms with Crippen LogP contribution in [0.5, 0.6) is 5.75 Å². The number of nitro benzene ring substituents is 1. The molecule has 1 aliphatic heterocycles. The molecule has 1 aromatic carbocycles. The summed E-state index contributed by atoms with van der Waals surface area (Å²) < 4.78 is 5.45. The van der Waals surface area contributed by atoms with E-state index in [9.17, 15) is 15.2 Å². The summed E-state index contributed by atoms with van der Waals surface area (Å²) in [6, 6.07) is 6.51. The van der Waals surface area contributed by atoms with Crippen molar-refractivity contribution in [2.24, 2.45) is 0 Å². The van der Waals surface area contributed by atoms with Crippen LogP contribution in [0.4, 0.5) is 5.69 Å². The van der Waals surface area contributed by atoms with Gasteiger partial charge in [-0.05, 0) is 32.4 Å². The molecule has 2 atom stereocenters. The predicted molar refractivity (Wildman–Crippen MR) is 79.5 cm³/mol. The Labute approximate surface area is 124 Å². The third-order valence-corrected chi connectivity index (χ3v) is 3.86. The fraction of sp³-hybridized carbons (Fsp3) is 0.600. The molecule has 1 fully saturated rings. The zero-order chi connectivity index (χ0) is 15.2. The average molecular weight is 294 g/mol. The molecule has 1 N–H and O–H groups in total. The van der Waals surface area contributed by atoms with Gasteiger partial charge in [0.05, 0.1) is 11.0 Å². The topological polar surface area (TPSA) is 75.8 Å². The van der Waals surface area contributed by atoms with Crippen molar-refractivity contribution in [2.75, 3.05) is 19.7 Å². The molecule has 2 rings (SSSR count). The lowest BCUT2D eigenvalue weighted by Gasteiger charge is -2.34. The highest BCUT2D eigenvalue weighted by atomic mass is 16.6. The first kappa shape index (κ1) is 15.7. The Morgan fingerprint density at radius 1 is 1.52 bits per heavy atom. The van der Waals surface area contributed by atoms with Gasteiger partial charge < -0.3 is 9.84 Å². The van der Waals surface area contributed by atoms with Crippen LogP contribution in [0, 0.1) is 10.1 Å². The van der Waals surface area contributed by atoms with Gasteiger partial charge in [-0.3, -0.25) is 15.0 Å². The lowest BCUT2D eigenvalue weighted by Crippen LogP contribution is -2.43. The quantitative estimate of drug-likeness (QED) is 0.643. The van der Waals surface area contributed by atoms with Crippen molar-refractivity contribution >= 4 is 5.69 Å². The maximum atomic E-state index is 10.7. The Balaban J connectivity index is 1.82. The van der Waals surface area contributed by atoms with Gasteiger partial charge in [0, 0.05) is 18.7 Å². The fourth-order valence-corrected chi connectivity index (χ4v) is 2.63. The molecule has 1 saturated heterocycles. The monoisotopic (exact) mass is 294 g/mol. The standard InChI is InChI=1S/C15H22N2O4/c1-12-5-2-3-8-16(12)10-14(18)11-21-15-7-4-6-13(9-15)17(19)20/h4,6-7,9,12,14,18H,2-3,5,8,10-11H2,1H3. The van der Waals surface area contributed by atoms with Gasteiger partial charge >= 0.3 is 0 Å². The van der Waals surface area contributed by atoms with Crippen LogP contribution in [-0.4, -0.2) is 46.8 Å². The summed E-state index contributed by atoms with van der Waals surface area (Å²) in [4.78, 5) is 12.5. The molecule has 0 spiro atoms. The maximum Gasteiger partial charge on any atom is 0.273 e. The van der Waals surface area contributed by atoms with Gasteiger partial charge in [-0.1, -0.05) is 12.5 Å². The number of benzene rings is 1. The van der Waals surface area contributed by atoms with E-state index in [0.29, 0.717) is 18.3 Å². The van der Waals surface area contributed by atoms with Crippen LogP contribution in [0.3, 0.4) is 0 Å². The third kappa shape index (κ3) is 4.68. The van der Waals surface area contributed by atoms with Crippen LogP contribution in [0.25, 0.3) is 0 Å². The minimum absolute atomic E-state index is 0.00774.